The van der Waals surface area contributed by atoms with E-state index in [4.69, 9.17) is 0 Å². The molecule has 1 saturated heterocycles. The van der Waals surface area contributed by atoms with Crippen molar-refractivity contribution in [3.63, 3.8) is 0 Å². The summed E-state index contributed by atoms with van der Waals surface area (Å²) in [7, 11) is 0. The summed E-state index contributed by atoms with van der Waals surface area (Å²) >= 11 is 0. The lowest BCUT2D eigenvalue weighted by molar-refractivity contribution is 0.0102. The molecular weight excluding hydrogens is 232 g/mol. The molecule has 2 atom stereocenters. The number of likely N-dealkylation sites (tertiary alicyclic amines) is 1. The van der Waals surface area contributed by atoms with Crippen LogP contribution in [0.3, 0.4) is 0 Å². The van der Waals surface area contributed by atoms with E-state index in [2.05, 4.69) is 44.8 Å². The van der Waals surface area contributed by atoms with E-state index >= 15 is 0 Å². The highest BCUT2D eigenvalue weighted by atomic mass is 15.2. The lowest BCUT2D eigenvalue weighted by Crippen LogP contribution is -2.55. The van der Waals surface area contributed by atoms with Gasteiger partial charge in [-0.25, -0.2) is 0 Å². The molecule has 0 amide bonds. The second-order valence-corrected chi connectivity index (χ2v) is 8.24. The van der Waals surface area contributed by atoms with Gasteiger partial charge < -0.3 is 10.2 Å². The van der Waals surface area contributed by atoms with Crippen LogP contribution in [0.1, 0.15) is 66.7 Å². The summed E-state index contributed by atoms with van der Waals surface area (Å²) in [5.74, 6) is 0.894. The Morgan fingerprint density at radius 3 is 2.21 bits per heavy atom. The first kappa shape index (κ1) is 15.3. The van der Waals surface area contributed by atoms with Gasteiger partial charge in [-0.05, 0) is 77.4 Å². The monoisotopic (exact) mass is 266 g/mol. The Hall–Kier alpha value is -0.0800. The lowest BCUT2D eigenvalue weighted by atomic mass is 9.73. The Balaban J connectivity index is 1.77. The number of nitrogens with one attached hydrogen (secondary N) is 1. The zero-order chi connectivity index (χ0) is 14.1. The smallest absolute Gasteiger partial charge is 0.0136 e. The molecule has 1 heterocycles. The Labute approximate surface area is 120 Å². The first-order chi connectivity index (χ1) is 8.83. The maximum Gasteiger partial charge on any atom is 0.0136 e. The van der Waals surface area contributed by atoms with Crippen LogP contribution in [-0.2, 0) is 0 Å². The molecule has 0 bridgehead atoms. The summed E-state index contributed by atoms with van der Waals surface area (Å²) in [5, 5.41) is 3.69. The average molecular weight is 266 g/mol. The van der Waals surface area contributed by atoms with Crippen molar-refractivity contribution in [2.24, 2.45) is 11.3 Å². The Morgan fingerprint density at radius 1 is 1.16 bits per heavy atom. The van der Waals surface area contributed by atoms with Gasteiger partial charge in [0.15, 0.2) is 0 Å². The molecule has 1 N–H and O–H groups in total. The van der Waals surface area contributed by atoms with Crippen molar-refractivity contribution in [3.8, 4) is 0 Å². The highest BCUT2D eigenvalue weighted by Crippen LogP contribution is 2.39. The molecule has 0 aromatic rings. The van der Waals surface area contributed by atoms with E-state index in [0.29, 0.717) is 5.41 Å². The molecule has 0 aromatic heterocycles. The molecule has 0 aromatic carbocycles. The first-order valence-corrected chi connectivity index (χ1v) is 8.32. The molecule has 0 radical (unpaired) electrons. The molecule has 0 spiro atoms. The maximum atomic E-state index is 3.69. The van der Waals surface area contributed by atoms with Gasteiger partial charge in [-0.15, -0.1) is 0 Å². The number of rotatable bonds is 4. The van der Waals surface area contributed by atoms with E-state index in [-0.39, 0.29) is 5.54 Å². The van der Waals surface area contributed by atoms with Crippen LogP contribution in [0.2, 0.25) is 0 Å². The van der Waals surface area contributed by atoms with Gasteiger partial charge in [0.1, 0.15) is 0 Å². The molecule has 2 aliphatic rings. The van der Waals surface area contributed by atoms with E-state index in [9.17, 15) is 0 Å². The molecule has 2 heteroatoms. The van der Waals surface area contributed by atoms with E-state index in [1.54, 1.807) is 0 Å². The summed E-state index contributed by atoms with van der Waals surface area (Å²) in [5.41, 5.74) is 0.891. The summed E-state index contributed by atoms with van der Waals surface area (Å²) in [6.45, 7) is 15.5. The minimum atomic E-state index is 0.267. The van der Waals surface area contributed by atoms with E-state index in [0.717, 1.165) is 12.0 Å². The third kappa shape index (κ3) is 3.95. The Bertz CT molecular complexity index is 284. The summed E-state index contributed by atoms with van der Waals surface area (Å²) in [4.78, 5) is 2.79. The normalized spacial score (nSPS) is 32.1. The molecule has 2 fully saturated rings. The van der Waals surface area contributed by atoms with Crippen molar-refractivity contribution in [3.05, 3.63) is 0 Å². The number of hydrogen-bond acceptors (Lipinski definition) is 2. The largest absolute Gasteiger partial charge is 0.312 e. The van der Waals surface area contributed by atoms with Gasteiger partial charge in [-0.2, -0.15) is 0 Å². The fourth-order valence-electron chi connectivity index (χ4n) is 3.46. The molecular formula is C17H34N2. The van der Waals surface area contributed by atoms with Crippen LogP contribution in [0.25, 0.3) is 0 Å². The van der Waals surface area contributed by atoms with Gasteiger partial charge in [0, 0.05) is 11.6 Å². The predicted octanol–water partition coefficient (Wildman–Crippen LogP) is 3.67. The van der Waals surface area contributed by atoms with E-state index in [1.165, 1.54) is 51.7 Å². The van der Waals surface area contributed by atoms with Crippen molar-refractivity contribution < 1.29 is 0 Å². The number of piperidine rings is 1. The third-order valence-electron chi connectivity index (χ3n) is 5.60. The van der Waals surface area contributed by atoms with Crippen LogP contribution in [0, 0.1) is 11.3 Å². The van der Waals surface area contributed by atoms with Crippen molar-refractivity contribution in [1.82, 2.24) is 10.2 Å². The molecule has 1 saturated carbocycles. The zero-order valence-electron chi connectivity index (χ0n) is 13.8. The van der Waals surface area contributed by atoms with Gasteiger partial charge in [-0.1, -0.05) is 20.3 Å². The lowest BCUT2D eigenvalue weighted by Gasteiger charge is -2.49. The van der Waals surface area contributed by atoms with Crippen LogP contribution in [-0.4, -0.2) is 36.1 Å². The van der Waals surface area contributed by atoms with Crippen LogP contribution in [0.4, 0.5) is 0 Å². The second-order valence-electron chi connectivity index (χ2n) is 8.24. The maximum absolute atomic E-state index is 3.69. The van der Waals surface area contributed by atoms with Crippen LogP contribution in [0.15, 0.2) is 0 Å². The van der Waals surface area contributed by atoms with Gasteiger partial charge in [0.25, 0.3) is 0 Å². The third-order valence-corrected chi connectivity index (χ3v) is 5.60. The highest BCUT2D eigenvalue weighted by Gasteiger charge is 2.39. The molecule has 1 aliphatic carbocycles. The topological polar surface area (TPSA) is 15.3 Å². The number of nitrogens with zero attached hydrogens (tertiary/aromatic N) is 1. The fraction of sp³-hybridized carbons (Fsp3) is 1.00. The Morgan fingerprint density at radius 2 is 1.79 bits per heavy atom. The summed E-state index contributed by atoms with van der Waals surface area (Å²) in [6, 6.07) is 0.872. The van der Waals surface area contributed by atoms with E-state index in [1.807, 2.05) is 0 Å². The van der Waals surface area contributed by atoms with Gasteiger partial charge in [0.05, 0.1) is 0 Å². The molecule has 2 unspecified atom stereocenters. The average Bonchev–Trinajstić information content (AvgIpc) is 2.29. The summed E-state index contributed by atoms with van der Waals surface area (Å²) < 4.78 is 0. The van der Waals surface area contributed by atoms with Crippen LogP contribution >= 0.6 is 0 Å². The quantitative estimate of drug-likeness (QED) is 0.835. The predicted molar refractivity (Wildman–Crippen MR) is 83.5 cm³/mol. The van der Waals surface area contributed by atoms with Gasteiger partial charge in [-0.3, -0.25) is 0 Å². The molecule has 19 heavy (non-hydrogen) atoms. The standard InChI is InChI=1S/C17H34N2/c1-6-17(5)9-11-19(12-10-17)15-8-7-14(15)13-18-16(2,3)4/h14-15,18H,6-13H2,1-5H3. The van der Waals surface area contributed by atoms with Crippen LogP contribution < -0.4 is 5.32 Å². The zero-order valence-corrected chi connectivity index (χ0v) is 13.8. The van der Waals surface area contributed by atoms with Crippen molar-refractivity contribution in [2.45, 2.75) is 78.3 Å². The number of hydrogen-bond donors (Lipinski definition) is 1. The highest BCUT2D eigenvalue weighted by molar-refractivity contribution is 4.94. The first-order valence-electron chi connectivity index (χ1n) is 8.32. The molecule has 1 aliphatic heterocycles. The molecule has 2 nitrogen and oxygen atoms in total. The van der Waals surface area contributed by atoms with Gasteiger partial charge >= 0.3 is 0 Å². The Kier molecular flexibility index (Phi) is 4.62. The van der Waals surface area contributed by atoms with E-state index < -0.39 is 0 Å². The fourth-order valence-corrected chi connectivity index (χ4v) is 3.46. The van der Waals surface area contributed by atoms with Gasteiger partial charge in [0.2, 0.25) is 0 Å². The SMILES string of the molecule is CCC1(C)CCN(C2CCC2CNC(C)(C)C)CC1. The van der Waals surface area contributed by atoms with Crippen molar-refractivity contribution in [2.75, 3.05) is 19.6 Å². The van der Waals surface area contributed by atoms with Crippen molar-refractivity contribution >= 4 is 0 Å². The summed E-state index contributed by atoms with van der Waals surface area (Å²) in [6.07, 6.45) is 7.01. The minimum absolute atomic E-state index is 0.267. The van der Waals surface area contributed by atoms with Crippen LogP contribution in [0.5, 0.6) is 0 Å². The molecule has 2 rings (SSSR count). The minimum Gasteiger partial charge on any atom is -0.312 e. The molecule has 112 valence electrons. The van der Waals surface area contributed by atoms with Crippen molar-refractivity contribution in [1.29, 1.82) is 0 Å². The second kappa shape index (κ2) is 5.73.